The number of hydrogen-bond donors (Lipinski definition) is 2. The molecular weight excluding hydrogens is 288 g/mol. The first-order valence-electron chi connectivity index (χ1n) is 6.21. The molecule has 0 saturated carbocycles. The monoisotopic (exact) mass is 306 g/mol. The number of hydrogen-bond acceptors (Lipinski definition) is 8. The lowest BCUT2D eigenvalue weighted by atomic mass is 10.2. The van der Waals surface area contributed by atoms with Crippen molar-refractivity contribution in [1.82, 2.24) is 0 Å². The Balaban J connectivity index is 4.37. The van der Waals surface area contributed by atoms with Crippen LogP contribution in [0.4, 0.5) is 0 Å². The van der Waals surface area contributed by atoms with E-state index in [9.17, 15) is 24.3 Å². The highest BCUT2D eigenvalue weighted by molar-refractivity contribution is 5.90. The fourth-order valence-corrected chi connectivity index (χ4v) is 1.26. The fourth-order valence-electron chi connectivity index (χ4n) is 1.26. The summed E-state index contributed by atoms with van der Waals surface area (Å²) in [5.41, 5.74) is 0. The van der Waals surface area contributed by atoms with Crippen molar-refractivity contribution in [2.45, 2.75) is 38.4 Å². The van der Waals surface area contributed by atoms with Crippen LogP contribution in [0.2, 0.25) is 0 Å². The quantitative estimate of drug-likeness (QED) is 0.218. The molecule has 0 spiro atoms. The van der Waals surface area contributed by atoms with Gasteiger partial charge in [-0.2, -0.15) is 0 Å². The third-order valence-electron chi connectivity index (χ3n) is 2.19. The van der Waals surface area contributed by atoms with Gasteiger partial charge in [0.1, 0.15) is 19.6 Å². The number of aliphatic hydroxyl groups excluding tert-OH is 1. The van der Waals surface area contributed by atoms with Crippen molar-refractivity contribution in [3.63, 3.8) is 0 Å². The number of aliphatic carboxylic acids is 1. The zero-order chi connectivity index (χ0) is 16.3. The highest BCUT2D eigenvalue weighted by Crippen LogP contribution is 2.04. The first-order valence-corrected chi connectivity index (χ1v) is 6.21. The first kappa shape index (κ1) is 18.8. The second-order valence-electron chi connectivity index (χ2n) is 4.05. The highest BCUT2D eigenvalue weighted by Gasteiger charge is 2.23. The van der Waals surface area contributed by atoms with Crippen LogP contribution in [-0.2, 0) is 33.4 Å². The Kier molecular flexibility index (Phi) is 9.52. The summed E-state index contributed by atoms with van der Waals surface area (Å²) >= 11 is 0. The third-order valence-corrected chi connectivity index (χ3v) is 2.19. The molecule has 0 radical (unpaired) electrons. The summed E-state index contributed by atoms with van der Waals surface area (Å²) in [6, 6.07) is 0. The largest absolute Gasteiger partial charge is 0.481 e. The molecule has 0 aliphatic carbocycles. The van der Waals surface area contributed by atoms with E-state index in [1.807, 2.05) is 0 Å². The lowest BCUT2D eigenvalue weighted by Crippen LogP contribution is -2.34. The Labute approximate surface area is 120 Å². The summed E-state index contributed by atoms with van der Waals surface area (Å²) in [5.74, 6) is -3.33. The van der Waals surface area contributed by atoms with E-state index in [-0.39, 0.29) is 19.5 Å². The number of carbonyl (C=O) groups is 4. The maximum Gasteiger partial charge on any atom is 0.335 e. The standard InChI is InChI=1S/C12H18O9/c1-2-3-9(14)12(18)21-8(5-19-7-13)6-20-11(17)4-10(15)16/h7-9,14H,2-6H2,1H3,(H,15,16). The zero-order valence-electron chi connectivity index (χ0n) is 11.5. The minimum atomic E-state index is -1.36. The first-order chi connectivity index (χ1) is 9.90. The van der Waals surface area contributed by atoms with E-state index >= 15 is 0 Å². The van der Waals surface area contributed by atoms with Gasteiger partial charge in [0.15, 0.2) is 12.2 Å². The number of rotatable bonds is 11. The van der Waals surface area contributed by atoms with Gasteiger partial charge in [0.2, 0.25) is 0 Å². The zero-order valence-corrected chi connectivity index (χ0v) is 11.5. The lowest BCUT2D eigenvalue weighted by molar-refractivity contribution is -0.171. The molecule has 0 bridgehead atoms. The van der Waals surface area contributed by atoms with Gasteiger partial charge in [0.05, 0.1) is 0 Å². The van der Waals surface area contributed by atoms with E-state index < -0.39 is 43.1 Å². The molecule has 0 rings (SSSR count). The average Bonchev–Trinajstić information content (AvgIpc) is 2.41. The predicted octanol–water partition coefficient (Wildman–Crippen LogP) is -0.750. The Morgan fingerprint density at radius 2 is 1.90 bits per heavy atom. The van der Waals surface area contributed by atoms with Crippen molar-refractivity contribution in [2.75, 3.05) is 13.2 Å². The van der Waals surface area contributed by atoms with E-state index in [4.69, 9.17) is 9.84 Å². The van der Waals surface area contributed by atoms with Crippen LogP contribution < -0.4 is 0 Å². The van der Waals surface area contributed by atoms with Crippen molar-refractivity contribution < 1.29 is 43.6 Å². The summed E-state index contributed by atoms with van der Waals surface area (Å²) in [5, 5.41) is 17.8. The van der Waals surface area contributed by atoms with E-state index in [2.05, 4.69) is 9.47 Å². The van der Waals surface area contributed by atoms with Crippen molar-refractivity contribution in [3.8, 4) is 0 Å². The van der Waals surface area contributed by atoms with Gasteiger partial charge < -0.3 is 24.4 Å². The molecule has 2 atom stereocenters. The van der Waals surface area contributed by atoms with Gasteiger partial charge in [-0.3, -0.25) is 14.4 Å². The molecular formula is C12H18O9. The molecule has 0 aromatic carbocycles. The minimum Gasteiger partial charge on any atom is -0.481 e. The number of carboxylic acids is 1. The van der Waals surface area contributed by atoms with Gasteiger partial charge in [-0.1, -0.05) is 13.3 Å². The Morgan fingerprint density at radius 3 is 2.43 bits per heavy atom. The molecule has 2 N–H and O–H groups in total. The Bertz CT molecular complexity index is 366. The van der Waals surface area contributed by atoms with Crippen LogP contribution in [0.3, 0.4) is 0 Å². The van der Waals surface area contributed by atoms with Crippen LogP contribution in [0, 0.1) is 0 Å². The average molecular weight is 306 g/mol. The van der Waals surface area contributed by atoms with E-state index in [1.54, 1.807) is 6.92 Å². The highest BCUT2D eigenvalue weighted by atomic mass is 16.6. The molecule has 0 aromatic heterocycles. The summed E-state index contributed by atoms with van der Waals surface area (Å²) in [6.07, 6.45) is -2.54. The van der Waals surface area contributed by atoms with Crippen LogP contribution in [0.1, 0.15) is 26.2 Å². The molecule has 9 nitrogen and oxygen atoms in total. The number of ether oxygens (including phenoxy) is 3. The summed E-state index contributed by atoms with van der Waals surface area (Å²) in [4.78, 5) is 42.9. The molecule has 0 amide bonds. The van der Waals surface area contributed by atoms with Crippen molar-refractivity contribution in [2.24, 2.45) is 0 Å². The molecule has 0 aliphatic heterocycles. The molecule has 2 unspecified atom stereocenters. The van der Waals surface area contributed by atoms with Gasteiger partial charge in [0.25, 0.3) is 6.47 Å². The SMILES string of the molecule is CCCC(O)C(=O)OC(COC=O)COC(=O)CC(=O)O. The summed E-state index contributed by atoms with van der Waals surface area (Å²) in [7, 11) is 0. The van der Waals surface area contributed by atoms with Gasteiger partial charge in [-0.05, 0) is 6.42 Å². The molecule has 0 fully saturated rings. The number of carboxylic acid groups (broad SMARTS) is 1. The van der Waals surface area contributed by atoms with E-state index in [0.717, 1.165) is 0 Å². The van der Waals surface area contributed by atoms with Crippen LogP contribution >= 0.6 is 0 Å². The van der Waals surface area contributed by atoms with E-state index in [1.165, 1.54) is 0 Å². The molecule has 0 heterocycles. The van der Waals surface area contributed by atoms with E-state index in [0.29, 0.717) is 6.42 Å². The number of carbonyl (C=O) groups excluding carboxylic acids is 3. The van der Waals surface area contributed by atoms with Gasteiger partial charge in [-0.25, -0.2) is 4.79 Å². The molecule has 0 saturated heterocycles. The smallest absolute Gasteiger partial charge is 0.335 e. The van der Waals surface area contributed by atoms with Crippen LogP contribution in [0.5, 0.6) is 0 Å². The Hall–Kier alpha value is -2.16. The molecule has 9 heteroatoms. The second-order valence-corrected chi connectivity index (χ2v) is 4.05. The molecule has 0 aliphatic rings. The van der Waals surface area contributed by atoms with Crippen molar-refractivity contribution >= 4 is 24.4 Å². The van der Waals surface area contributed by atoms with Crippen LogP contribution in [0.25, 0.3) is 0 Å². The van der Waals surface area contributed by atoms with Crippen LogP contribution in [0.15, 0.2) is 0 Å². The predicted molar refractivity (Wildman–Crippen MR) is 66.0 cm³/mol. The molecule has 21 heavy (non-hydrogen) atoms. The topological polar surface area (TPSA) is 136 Å². The van der Waals surface area contributed by atoms with Gasteiger partial charge in [0, 0.05) is 0 Å². The maximum absolute atomic E-state index is 11.5. The van der Waals surface area contributed by atoms with Crippen molar-refractivity contribution in [1.29, 1.82) is 0 Å². The minimum absolute atomic E-state index is 0.113. The second kappa shape index (κ2) is 10.6. The lowest BCUT2D eigenvalue weighted by Gasteiger charge is -2.18. The van der Waals surface area contributed by atoms with Crippen molar-refractivity contribution in [3.05, 3.63) is 0 Å². The summed E-state index contributed by atoms with van der Waals surface area (Å²) in [6.45, 7) is 1.01. The maximum atomic E-state index is 11.5. The third kappa shape index (κ3) is 9.38. The molecule has 0 aromatic rings. The molecule has 120 valence electrons. The summed E-state index contributed by atoms with van der Waals surface area (Å²) < 4.78 is 13.8. The van der Waals surface area contributed by atoms with Gasteiger partial charge >= 0.3 is 17.9 Å². The van der Waals surface area contributed by atoms with Crippen LogP contribution in [-0.4, -0.2) is 60.0 Å². The normalized spacial score (nSPS) is 12.9. The Morgan fingerprint density at radius 1 is 1.24 bits per heavy atom. The number of aliphatic hydroxyl groups is 1. The van der Waals surface area contributed by atoms with Gasteiger partial charge in [-0.15, -0.1) is 0 Å². The fraction of sp³-hybridized carbons (Fsp3) is 0.667. The number of esters is 2.